The van der Waals surface area contributed by atoms with Crippen LogP contribution in [-0.4, -0.2) is 170 Å². The van der Waals surface area contributed by atoms with E-state index in [-0.39, 0.29) is 144 Å². The van der Waals surface area contributed by atoms with Crippen LogP contribution < -0.4 is 37.2 Å². The Morgan fingerprint density at radius 2 is 1.56 bits per heavy atom. The van der Waals surface area contributed by atoms with Gasteiger partial charge in [-0.05, 0) is 93.3 Å². The number of fused-ring (bicyclic) bond motifs is 8. The first-order chi connectivity index (χ1) is 41.4. The van der Waals surface area contributed by atoms with Crippen LogP contribution >= 0.6 is 0 Å². The number of hydrogen-bond donors (Lipinski definition) is 6. The topological polar surface area (TPSA) is 290 Å². The summed E-state index contributed by atoms with van der Waals surface area (Å²) in [5.74, 6) is -1.99. The van der Waals surface area contributed by atoms with Gasteiger partial charge < -0.3 is 66.0 Å². The first-order valence-electron chi connectivity index (χ1n) is 30.0. The minimum absolute atomic E-state index is 0.0297. The smallest absolute Gasteiger partial charge is 0.254 e. The summed E-state index contributed by atoms with van der Waals surface area (Å²) in [6.45, 7) is 12.3. The van der Waals surface area contributed by atoms with Crippen LogP contribution in [0.5, 0.6) is 0 Å². The van der Waals surface area contributed by atoms with Gasteiger partial charge in [0.25, 0.3) is 5.91 Å². The normalized spacial score (nSPS) is 18.6. The molecule has 23 nitrogen and oxygen atoms in total. The van der Waals surface area contributed by atoms with E-state index in [0.717, 1.165) is 24.8 Å². The number of ether oxygens (including phenoxy) is 4. The molecule has 4 aromatic rings. The van der Waals surface area contributed by atoms with Gasteiger partial charge in [-0.1, -0.05) is 58.0 Å². The van der Waals surface area contributed by atoms with Crippen LogP contribution in [0, 0.1) is 22.6 Å². The number of nitrogens with two attached hydrogens (primary N) is 1. The van der Waals surface area contributed by atoms with Gasteiger partial charge in [-0.3, -0.25) is 33.4 Å². The molecule has 0 spiro atoms. The van der Waals surface area contributed by atoms with Gasteiger partial charge in [0.15, 0.2) is 0 Å². The number of rotatable bonds is 28. The van der Waals surface area contributed by atoms with Crippen LogP contribution in [0.15, 0.2) is 60.8 Å². The van der Waals surface area contributed by atoms with Gasteiger partial charge >= 0.3 is 0 Å². The van der Waals surface area contributed by atoms with Crippen molar-refractivity contribution in [2.45, 2.75) is 141 Å². The minimum Gasteiger partial charge on any atom is -0.382 e. The van der Waals surface area contributed by atoms with E-state index in [1.54, 1.807) is 35.8 Å². The average Bonchev–Trinajstić information content (AvgIpc) is 1.65. The van der Waals surface area contributed by atoms with Crippen molar-refractivity contribution in [2.75, 3.05) is 90.2 Å². The van der Waals surface area contributed by atoms with Gasteiger partial charge in [0.05, 0.1) is 95.5 Å². The van der Waals surface area contributed by atoms with E-state index in [2.05, 4.69) is 42.5 Å². The number of pyridine rings is 1. The van der Waals surface area contributed by atoms with Crippen LogP contribution in [0.4, 0.5) is 15.9 Å². The summed E-state index contributed by atoms with van der Waals surface area (Å²) in [5, 5.41) is 30.3. The summed E-state index contributed by atoms with van der Waals surface area (Å²) in [7, 11) is 1.66. The first-order valence-corrected chi connectivity index (χ1v) is 30.0. The van der Waals surface area contributed by atoms with Gasteiger partial charge in [-0.25, -0.2) is 9.37 Å². The number of anilines is 2. The summed E-state index contributed by atoms with van der Waals surface area (Å²) in [4.78, 5) is 91.8. The van der Waals surface area contributed by atoms with E-state index >= 15 is 0 Å². The molecular weight excluding hydrogens is 1110 g/mol. The number of nitrogens with one attached hydrogen (secondary N) is 5. The molecule has 6 amide bonds. The fraction of sp³-hybridized carbons (Fsp3) is 0.565. The molecule has 8 rings (SSSR count). The standard InChI is InChI=1S/C62H84FN13O10/c1-7-47(40-12-9-8-10-13-40)70-59(80)51-34-43(37-75(51)61(82)56(62(3,4)5)71-58(79)39(2)66-6)69-54(78)20-25-84-27-29-86-31-30-85-28-26-83-24-19-53(77)67-21-23-76-52(35-64)55-41-32-50(57(65)68-36-41)73-22-11-14-49(73)46-33-42(63)15-18-45(46)60(81)74(44-16-17-44)38-48(55)72-76/h8-10,12-13,15,18,32-33,36,39,43-44,47,49,51,56,66H,7,11,14,16-17,19-31,34,37-38H2,1-6H3,(H2,65,68)(H,67,77)(H,69,78)(H,70,80)(H,71,79)/t39-,43-,47+,49-,51-,56+/m1/s1. The molecule has 1 aliphatic carbocycles. The lowest BCUT2D eigenvalue weighted by atomic mass is 9.85. The summed E-state index contributed by atoms with van der Waals surface area (Å²) < 4.78 is 39.0. The number of nitrogen functional groups attached to an aromatic ring is 1. The lowest BCUT2D eigenvalue weighted by Crippen LogP contribution is -2.59. The number of amides is 6. The molecule has 3 aliphatic heterocycles. The van der Waals surface area contributed by atoms with E-state index in [4.69, 9.17) is 29.8 Å². The molecule has 6 atom stereocenters. The number of carbonyl (C=O) groups excluding carboxylic acids is 6. The van der Waals surface area contributed by atoms with Crippen molar-refractivity contribution in [3.05, 3.63) is 94.7 Å². The zero-order valence-corrected chi connectivity index (χ0v) is 50.3. The number of benzene rings is 2. The van der Waals surface area contributed by atoms with Gasteiger partial charge in [0.2, 0.25) is 29.5 Å². The summed E-state index contributed by atoms with van der Waals surface area (Å²) >= 11 is 0. The van der Waals surface area contributed by atoms with Crippen LogP contribution in [-0.2, 0) is 56.0 Å². The van der Waals surface area contributed by atoms with Gasteiger partial charge in [-0.2, -0.15) is 10.4 Å². The molecule has 3 fully saturated rings. The molecule has 464 valence electrons. The van der Waals surface area contributed by atoms with Crippen LogP contribution in [0.1, 0.15) is 131 Å². The van der Waals surface area contributed by atoms with E-state index in [0.29, 0.717) is 66.2 Å². The van der Waals surface area contributed by atoms with Crippen molar-refractivity contribution in [3.8, 4) is 17.2 Å². The maximum atomic E-state index is 14.9. The van der Waals surface area contributed by atoms with Crippen molar-refractivity contribution >= 4 is 46.9 Å². The number of likely N-dealkylation sites (N-methyl/N-ethyl adjacent to an activating group) is 1. The van der Waals surface area contributed by atoms with E-state index < -0.39 is 41.3 Å². The average molecular weight is 1190 g/mol. The SMILES string of the molecule is CC[C@H](NC(=O)[C@H]1C[C@@H](NC(=O)CCOCCOCCOCCOCCC(=O)NCCn2nc3c(c2C#N)-c2cnc(N)c(c2)N2CCC[C@@H]2c2cc(F)ccc2C(=O)N(C2CC2)C3)CN1C(=O)[C@H](NC(=O)[C@@H](C)NC)C(C)(C)C)c1ccccc1. The largest absolute Gasteiger partial charge is 0.382 e. The zero-order valence-electron chi connectivity index (χ0n) is 50.3. The quantitative estimate of drug-likeness (QED) is 0.0428. The first kappa shape index (κ1) is 64.4. The molecule has 1 saturated carbocycles. The third-order valence-electron chi connectivity index (χ3n) is 16.2. The third kappa shape index (κ3) is 16.5. The van der Waals surface area contributed by atoms with Crippen LogP contribution in [0.3, 0.4) is 0 Å². The molecule has 2 bridgehead atoms. The maximum absolute atomic E-state index is 14.9. The number of hydrogen-bond acceptors (Lipinski definition) is 16. The number of likely N-dealkylation sites (tertiary alicyclic amines) is 1. The molecule has 4 aliphatic rings. The Bertz CT molecular complexity index is 3060. The van der Waals surface area contributed by atoms with Crippen molar-refractivity contribution in [2.24, 2.45) is 5.41 Å². The summed E-state index contributed by atoms with van der Waals surface area (Å²) in [6.07, 6.45) is 5.71. The van der Waals surface area contributed by atoms with Crippen molar-refractivity contribution in [3.63, 3.8) is 0 Å². The fourth-order valence-corrected chi connectivity index (χ4v) is 11.3. The lowest BCUT2D eigenvalue weighted by Gasteiger charge is -2.36. The van der Waals surface area contributed by atoms with Gasteiger partial charge in [0, 0.05) is 67.4 Å². The van der Waals surface area contributed by atoms with Crippen LogP contribution in [0.25, 0.3) is 11.1 Å². The number of nitrogens with zero attached hydrogens (tertiary/aromatic N) is 7. The highest BCUT2D eigenvalue weighted by Crippen LogP contribution is 2.44. The Hall–Kier alpha value is -7.56. The highest BCUT2D eigenvalue weighted by Gasteiger charge is 2.46. The predicted molar refractivity (Wildman–Crippen MR) is 318 cm³/mol. The van der Waals surface area contributed by atoms with E-state index in [1.165, 1.54) is 17.0 Å². The molecular formula is C62H84FN13O10. The Balaban J connectivity index is 0.719. The van der Waals surface area contributed by atoms with Crippen molar-refractivity contribution in [1.82, 2.24) is 51.1 Å². The molecule has 2 saturated heterocycles. The predicted octanol–water partition coefficient (Wildman–Crippen LogP) is 4.45. The Morgan fingerprint density at radius 1 is 0.884 bits per heavy atom. The van der Waals surface area contributed by atoms with E-state index in [1.807, 2.05) is 64.1 Å². The Morgan fingerprint density at radius 3 is 2.20 bits per heavy atom. The molecule has 86 heavy (non-hydrogen) atoms. The number of aromatic nitrogens is 3. The van der Waals surface area contributed by atoms with Crippen molar-refractivity contribution < 1.29 is 52.1 Å². The molecule has 5 heterocycles. The summed E-state index contributed by atoms with van der Waals surface area (Å²) in [6, 6.07) is 14.6. The molecule has 7 N–H and O–H groups in total. The highest BCUT2D eigenvalue weighted by atomic mass is 19.1. The molecule has 24 heteroatoms. The van der Waals surface area contributed by atoms with Gasteiger partial charge in [0.1, 0.15) is 35.5 Å². The van der Waals surface area contributed by atoms with Crippen molar-refractivity contribution in [1.29, 1.82) is 5.26 Å². The second-order valence-corrected chi connectivity index (χ2v) is 23.4. The fourth-order valence-electron chi connectivity index (χ4n) is 11.3. The number of nitriles is 1. The molecule has 2 aromatic heterocycles. The number of carbonyl (C=O) groups is 6. The van der Waals surface area contributed by atoms with Gasteiger partial charge in [-0.15, -0.1) is 0 Å². The minimum atomic E-state index is -0.937. The number of halogens is 1. The van der Waals surface area contributed by atoms with Crippen LogP contribution in [0.2, 0.25) is 0 Å². The third-order valence-corrected chi connectivity index (χ3v) is 16.2. The second-order valence-electron chi connectivity index (χ2n) is 23.4. The molecule has 2 aromatic carbocycles. The lowest BCUT2D eigenvalue weighted by molar-refractivity contribution is -0.144. The second kappa shape index (κ2) is 30.2. The van der Waals surface area contributed by atoms with E-state index in [9.17, 15) is 38.4 Å². The molecule has 0 unspecified atom stereocenters. The maximum Gasteiger partial charge on any atom is 0.254 e. The summed E-state index contributed by atoms with van der Waals surface area (Å²) in [5.41, 5.74) is 10.3. The highest BCUT2D eigenvalue weighted by molar-refractivity contribution is 5.97. The molecule has 0 radical (unpaired) electrons. The monoisotopic (exact) mass is 1190 g/mol. The Labute approximate surface area is 502 Å². The zero-order chi connectivity index (χ0) is 61.5. The Kier molecular flexibility index (Phi) is 22.6.